The van der Waals surface area contributed by atoms with E-state index >= 15 is 0 Å². The highest BCUT2D eigenvalue weighted by Gasteiger charge is 2.79. The van der Waals surface area contributed by atoms with Gasteiger partial charge in [-0.15, -0.1) is 0 Å². The van der Waals surface area contributed by atoms with Gasteiger partial charge in [-0.25, -0.2) is 0 Å². The van der Waals surface area contributed by atoms with Crippen LogP contribution in [0.4, 0.5) is 0 Å². The number of carbonyl (C=O) groups is 1. The maximum atomic E-state index is 12.4. The van der Waals surface area contributed by atoms with E-state index < -0.39 is 0 Å². The molecule has 0 heterocycles. The number of allylic oxidation sites excluding steroid dienone is 2. The number of methoxy groups -OCH3 is 2. The Morgan fingerprint density at radius 1 is 1.22 bits per heavy atom. The maximum absolute atomic E-state index is 12.4. The SMILES string of the molecule is COc1ccc2c(c1OC)[C@@]13CC(=O)C=C[C@@]1(I)[C@@H]1CC1(C2)C3. The van der Waals surface area contributed by atoms with Crippen LogP contribution in [0.3, 0.4) is 0 Å². The minimum Gasteiger partial charge on any atom is -0.493 e. The first kappa shape index (κ1) is 14.3. The van der Waals surface area contributed by atoms with E-state index in [1.165, 1.54) is 17.5 Å². The lowest BCUT2D eigenvalue weighted by Gasteiger charge is -2.48. The number of ether oxygens (including phenoxy) is 2. The summed E-state index contributed by atoms with van der Waals surface area (Å²) in [6, 6.07) is 4.21. The molecule has 2 spiro atoms. The third kappa shape index (κ3) is 1.46. The molecule has 0 aliphatic heterocycles. The Hall–Kier alpha value is -1.04. The summed E-state index contributed by atoms with van der Waals surface area (Å²) in [6.45, 7) is 0. The molecule has 1 unspecified atom stereocenters. The van der Waals surface area contributed by atoms with Crippen molar-refractivity contribution in [3.63, 3.8) is 0 Å². The molecule has 4 heteroatoms. The topological polar surface area (TPSA) is 35.5 Å². The summed E-state index contributed by atoms with van der Waals surface area (Å²) < 4.78 is 11.4. The molecule has 2 saturated carbocycles. The molecule has 5 rings (SSSR count). The van der Waals surface area contributed by atoms with Gasteiger partial charge in [-0.05, 0) is 48.3 Å². The second kappa shape index (κ2) is 4.13. The normalized spacial score (nSPS) is 41.9. The molecule has 0 radical (unpaired) electrons. The molecule has 4 atom stereocenters. The smallest absolute Gasteiger partial charge is 0.164 e. The fourth-order valence-corrected chi connectivity index (χ4v) is 7.61. The standard InChI is InChI=1S/C19H19IO3/c1-22-13-4-3-11-7-17-9-14(17)19(20)6-5-12(21)8-18(19,10-17)15(11)16(13)23-2/h3-6,14H,7-10H2,1-2H3/t14-,17?,18+,19-/m1/s1. The van der Waals surface area contributed by atoms with Gasteiger partial charge in [-0.2, -0.15) is 0 Å². The first-order chi connectivity index (χ1) is 11.0. The molecular weight excluding hydrogens is 403 g/mol. The lowest BCUT2D eigenvalue weighted by atomic mass is 9.59. The number of ketones is 1. The van der Waals surface area contributed by atoms with Gasteiger partial charge in [0.1, 0.15) is 0 Å². The van der Waals surface area contributed by atoms with Crippen LogP contribution in [0, 0.1) is 11.3 Å². The molecule has 1 aromatic carbocycles. The zero-order chi connectivity index (χ0) is 16.0. The molecule has 2 bridgehead atoms. The Morgan fingerprint density at radius 3 is 2.78 bits per heavy atom. The van der Waals surface area contributed by atoms with Crippen LogP contribution in [0.2, 0.25) is 0 Å². The van der Waals surface area contributed by atoms with E-state index in [1.807, 2.05) is 12.1 Å². The lowest BCUT2D eigenvalue weighted by molar-refractivity contribution is -0.116. The molecule has 0 saturated heterocycles. The predicted molar refractivity (Wildman–Crippen MR) is 95.6 cm³/mol. The van der Waals surface area contributed by atoms with Crippen LogP contribution in [0.15, 0.2) is 24.3 Å². The van der Waals surface area contributed by atoms with E-state index in [2.05, 4.69) is 34.7 Å². The molecule has 4 aliphatic rings. The molecule has 120 valence electrons. The second-order valence-corrected chi connectivity index (χ2v) is 9.42. The number of hydrogen-bond acceptors (Lipinski definition) is 3. The van der Waals surface area contributed by atoms with Gasteiger partial charge in [0.15, 0.2) is 17.3 Å². The van der Waals surface area contributed by atoms with Gasteiger partial charge in [-0.3, -0.25) is 4.79 Å². The van der Waals surface area contributed by atoms with Crippen molar-refractivity contribution in [1.29, 1.82) is 0 Å². The van der Waals surface area contributed by atoms with Crippen molar-refractivity contribution in [2.24, 2.45) is 11.3 Å². The lowest BCUT2D eigenvalue weighted by Crippen LogP contribution is -2.49. The Morgan fingerprint density at radius 2 is 2.04 bits per heavy atom. The van der Waals surface area contributed by atoms with Crippen molar-refractivity contribution in [3.05, 3.63) is 35.4 Å². The van der Waals surface area contributed by atoms with Crippen molar-refractivity contribution in [3.8, 4) is 11.5 Å². The van der Waals surface area contributed by atoms with Crippen LogP contribution < -0.4 is 9.47 Å². The van der Waals surface area contributed by atoms with E-state index in [0.29, 0.717) is 17.8 Å². The molecule has 0 N–H and O–H groups in total. The highest BCUT2D eigenvalue weighted by Crippen LogP contribution is 2.82. The predicted octanol–water partition coefficient (Wildman–Crippen LogP) is 3.61. The summed E-state index contributed by atoms with van der Waals surface area (Å²) in [6.07, 6.45) is 8.14. The van der Waals surface area contributed by atoms with Gasteiger partial charge < -0.3 is 9.47 Å². The highest BCUT2D eigenvalue weighted by molar-refractivity contribution is 14.1. The fourth-order valence-electron chi connectivity index (χ4n) is 5.90. The first-order valence-electron chi connectivity index (χ1n) is 8.15. The van der Waals surface area contributed by atoms with Crippen molar-refractivity contribution in [1.82, 2.24) is 0 Å². The first-order valence-corrected chi connectivity index (χ1v) is 9.23. The second-order valence-electron chi connectivity index (χ2n) is 7.63. The van der Waals surface area contributed by atoms with Gasteiger partial charge >= 0.3 is 0 Å². The average Bonchev–Trinajstić information content (AvgIpc) is 3.19. The largest absolute Gasteiger partial charge is 0.493 e. The Bertz CT molecular complexity index is 785. The summed E-state index contributed by atoms with van der Waals surface area (Å²) >= 11 is 2.64. The fraction of sp³-hybridized carbons (Fsp3) is 0.526. The molecule has 0 aromatic heterocycles. The number of halogens is 1. The van der Waals surface area contributed by atoms with Gasteiger partial charge in [-0.1, -0.05) is 34.7 Å². The van der Waals surface area contributed by atoms with Crippen molar-refractivity contribution in [2.75, 3.05) is 14.2 Å². The number of benzene rings is 1. The zero-order valence-corrected chi connectivity index (χ0v) is 15.5. The van der Waals surface area contributed by atoms with Crippen molar-refractivity contribution < 1.29 is 14.3 Å². The summed E-state index contributed by atoms with van der Waals surface area (Å²) in [5.41, 5.74) is 2.88. The van der Waals surface area contributed by atoms with Crippen LogP contribution in [-0.2, 0) is 16.6 Å². The summed E-state index contributed by atoms with van der Waals surface area (Å²) in [7, 11) is 3.39. The summed E-state index contributed by atoms with van der Waals surface area (Å²) in [5.74, 6) is 2.54. The van der Waals surface area contributed by atoms with Crippen LogP contribution in [0.1, 0.15) is 30.4 Å². The summed E-state index contributed by atoms with van der Waals surface area (Å²) in [4.78, 5) is 12.4. The van der Waals surface area contributed by atoms with Gasteiger partial charge in [0, 0.05) is 17.4 Å². The third-order valence-electron chi connectivity index (χ3n) is 6.72. The number of fused-ring (bicyclic) bond motifs is 2. The van der Waals surface area contributed by atoms with Crippen LogP contribution in [0.5, 0.6) is 11.5 Å². The molecule has 3 nitrogen and oxygen atoms in total. The quantitative estimate of drug-likeness (QED) is 0.540. The molecule has 23 heavy (non-hydrogen) atoms. The van der Waals surface area contributed by atoms with Crippen LogP contribution in [-0.4, -0.2) is 23.4 Å². The van der Waals surface area contributed by atoms with Crippen LogP contribution in [0.25, 0.3) is 0 Å². The monoisotopic (exact) mass is 422 g/mol. The Labute approximate surface area is 149 Å². The van der Waals surface area contributed by atoms with Gasteiger partial charge in [0.2, 0.25) is 0 Å². The van der Waals surface area contributed by atoms with E-state index in [0.717, 1.165) is 24.3 Å². The molecule has 2 fully saturated rings. The Kier molecular flexibility index (Phi) is 2.57. The minimum absolute atomic E-state index is 0.0313. The van der Waals surface area contributed by atoms with Crippen molar-refractivity contribution >= 4 is 28.4 Å². The Balaban J connectivity index is 1.85. The van der Waals surface area contributed by atoms with E-state index in [-0.39, 0.29) is 14.6 Å². The van der Waals surface area contributed by atoms with Crippen molar-refractivity contribution in [2.45, 2.75) is 34.5 Å². The number of carbonyl (C=O) groups excluding carboxylic acids is 1. The van der Waals surface area contributed by atoms with Crippen LogP contribution >= 0.6 is 22.6 Å². The minimum atomic E-state index is -0.129. The van der Waals surface area contributed by atoms with Gasteiger partial charge in [0.25, 0.3) is 0 Å². The molecule has 4 aliphatic carbocycles. The molecular formula is C19H19IO3. The molecule has 1 aromatic rings. The molecule has 0 amide bonds. The third-order valence-corrected chi connectivity index (χ3v) is 8.87. The number of alkyl halides is 1. The van der Waals surface area contributed by atoms with E-state index in [9.17, 15) is 4.79 Å². The maximum Gasteiger partial charge on any atom is 0.164 e. The van der Waals surface area contributed by atoms with Gasteiger partial charge in [0.05, 0.1) is 17.6 Å². The van der Waals surface area contributed by atoms with E-state index in [4.69, 9.17) is 9.47 Å². The number of rotatable bonds is 2. The van der Waals surface area contributed by atoms with E-state index in [1.54, 1.807) is 14.2 Å². The highest BCUT2D eigenvalue weighted by atomic mass is 127. The zero-order valence-electron chi connectivity index (χ0n) is 13.3. The average molecular weight is 422 g/mol. The summed E-state index contributed by atoms with van der Waals surface area (Å²) in [5, 5.41) is 0. The number of hydrogen-bond donors (Lipinski definition) is 0.